The van der Waals surface area contributed by atoms with Crippen LogP contribution in [-0.2, 0) is 4.79 Å². The summed E-state index contributed by atoms with van der Waals surface area (Å²) in [7, 11) is 0. The van der Waals surface area contributed by atoms with E-state index in [1.807, 2.05) is 0 Å². The van der Waals surface area contributed by atoms with Gasteiger partial charge < -0.3 is 10.6 Å². The molecule has 104 valence electrons. The first-order valence-electron chi connectivity index (χ1n) is 7.83. The van der Waals surface area contributed by atoms with Crippen LogP contribution in [0.15, 0.2) is 0 Å². The van der Waals surface area contributed by atoms with Gasteiger partial charge in [-0.25, -0.2) is 0 Å². The van der Waals surface area contributed by atoms with Gasteiger partial charge in [-0.3, -0.25) is 4.79 Å². The predicted molar refractivity (Wildman–Crippen MR) is 74.4 cm³/mol. The summed E-state index contributed by atoms with van der Waals surface area (Å²) in [5, 5.41) is 6.86. The zero-order valence-electron chi connectivity index (χ0n) is 11.7. The first kappa shape index (κ1) is 13.9. The van der Waals surface area contributed by atoms with Crippen LogP contribution in [0.4, 0.5) is 0 Å². The Hall–Kier alpha value is -0.570. The third-order valence-corrected chi connectivity index (χ3v) is 4.48. The van der Waals surface area contributed by atoms with Gasteiger partial charge in [0.2, 0.25) is 5.91 Å². The normalized spacial score (nSPS) is 29.4. The van der Waals surface area contributed by atoms with E-state index in [9.17, 15) is 4.79 Å². The summed E-state index contributed by atoms with van der Waals surface area (Å²) < 4.78 is 0. The molecule has 0 saturated heterocycles. The molecule has 2 N–H and O–H groups in total. The molecule has 0 atom stereocenters. The molecular formula is C15H28N2O. The van der Waals surface area contributed by atoms with Gasteiger partial charge in [-0.05, 0) is 51.5 Å². The summed E-state index contributed by atoms with van der Waals surface area (Å²) in [6.07, 6.45) is 10.7. The molecule has 0 aromatic carbocycles. The van der Waals surface area contributed by atoms with E-state index >= 15 is 0 Å². The number of rotatable bonds is 5. The van der Waals surface area contributed by atoms with Crippen LogP contribution in [0.5, 0.6) is 0 Å². The highest BCUT2D eigenvalue weighted by Gasteiger charge is 2.26. The Kier molecular flexibility index (Phi) is 5.48. The average molecular weight is 252 g/mol. The lowest BCUT2D eigenvalue weighted by atomic mass is 9.90. The van der Waals surface area contributed by atoms with Crippen LogP contribution in [0.2, 0.25) is 0 Å². The molecule has 0 bridgehead atoms. The SMILES string of the molecule is CCCNC1CCC(NC(=O)C2CCCC2)CC1. The zero-order valence-corrected chi connectivity index (χ0v) is 11.7. The molecule has 1 amide bonds. The van der Waals surface area contributed by atoms with Crippen molar-refractivity contribution in [1.82, 2.24) is 10.6 Å². The number of nitrogens with one attached hydrogen (secondary N) is 2. The number of carbonyl (C=O) groups is 1. The van der Waals surface area contributed by atoms with Crippen LogP contribution >= 0.6 is 0 Å². The van der Waals surface area contributed by atoms with Crippen molar-refractivity contribution in [2.45, 2.75) is 76.8 Å². The van der Waals surface area contributed by atoms with E-state index in [1.54, 1.807) is 0 Å². The van der Waals surface area contributed by atoms with Crippen molar-refractivity contribution in [3.05, 3.63) is 0 Å². The van der Waals surface area contributed by atoms with Crippen LogP contribution in [-0.4, -0.2) is 24.5 Å². The molecule has 2 saturated carbocycles. The summed E-state index contributed by atoms with van der Waals surface area (Å²) in [6, 6.07) is 1.13. The number of hydrogen-bond acceptors (Lipinski definition) is 2. The number of amides is 1. The molecule has 0 heterocycles. The van der Waals surface area contributed by atoms with E-state index in [-0.39, 0.29) is 0 Å². The lowest BCUT2D eigenvalue weighted by Crippen LogP contribution is -2.43. The van der Waals surface area contributed by atoms with Crippen LogP contribution in [0.25, 0.3) is 0 Å². The Morgan fingerprint density at radius 1 is 1.00 bits per heavy atom. The second-order valence-electron chi connectivity index (χ2n) is 5.99. The molecule has 3 heteroatoms. The maximum atomic E-state index is 12.0. The lowest BCUT2D eigenvalue weighted by Gasteiger charge is -2.30. The molecule has 0 unspecified atom stereocenters. The molecule has 3 nitrogen and oxygen atoms in total. The summed E-state index contributed by atoms with van der Waals surface area (Å²) >= 11 is 0. The van der Waals surface area contributed by atoms with E-state index in [2.05, 4.69) is 17.6 Å². The van der Waals surface area contributed by atoms with E-state index in [0.717, 1.165) is 32.2 Å². The van der Waals surface area contributed by atoms with Crippen molar-refractivity contribution in [2.75, 3.05) is 6.54 Å². The minimum atomic E-state index is 0.320. The highest BCUT2D eigenvalue weighted by molar-refractivity contribution is 5.79. The predicted octanol–water partition coefficient (Wildman–Crippen LogP) is 2.60. The van der Waals surface area contributed by atoms with Crippen molar-refractivity contribution in [3.8, 4) is 0 Å². The van der Waals surface area contributed by atoms with E-state index < -0.39 is 0 Å². The highest BCUT2D eigenvalue weighted by Crippen LogP contribution is 2.26. The smallest absolute Gasteiger partial charge is 0.223 e. The Morgan fingerprint density at radius 3 is 2.22 bits per heavy atom. The molecule has 2 fully saturated rings. The standard InChI is InChI=1S/C15H28N2O/c1-2-11-16-13-7-9-14(10-8-13)17-15(18)12-5-3-4-6-12/h12-14,16H,2-11H2,1H3,(H,17,18). The van der Waals surface area contributed by atoms with Crippen molar-refractivity contribution in [2.24, 2.45) is 5.92 Å². The van der Waals surface area contributed by atoms with Crippen molar-refractivity contribution in [3.63, 3.8) is 0 Å². The van der Waals surface area contributed by atoms with Crippen molar-refractivity contribution in [1.29, 1.82) is 0 Å². The third-order valence-electron chi connectivity index (χ3n) is 4.48. The van der Waals surface area contributed by atoms with Gasteiger partial charge in [-0.1, -0.05) is 19.8 Å². The van der Waals surface area contributed by atoms with Gasteiger partial charge >= 0.3 is 0 Å². The van der Waals surface area contributed by atoms with Crippen LogP contribution in [0, 0.1) is 5.92 Å². The van der Waals surface area contributed by atoms with Crippen LogP contribution < -0.4 is 10.6 Å². The zero-order chi connectivity index (χ0) is 12.8. The minimum Gasteiger partial charge on any atom is -0.353 e. The Labute approximate surface area is 111 Å². The van der Waals surface area contributed by atoms with Gasteiger partial charge in [-0.2, -0.15) is 0 Å². The number of hydrogen-bond donors (Lipinski definition) is 2. The fourth-order valence-corrected chi connectivity index (χ4v) is 3.30. The Bertz CT molecular complexity index is 253. The van der Waals surface area contributed by atoms with E-state index in [1.165, 1.54) is 32.1 Å². The summed E-state index contributed by atoms with van der Waals surface area (Å²) in [6.45, 7) is 3.34. The highest BCUT2D eigenvalue weighted by atomic mass is 16.1. The van der Waals surface area contributed by atoms with Crippen LogP contribution in [0.3, 0.4) is 0 Å². The molecule has 0 radical (unpaired) electrons. The maximum Gasteiger partial charge on any atom is 0.223 e. The second-order valence-corrected chi connectivity index (χ2v) is 5.99. The van der Waals surface area contributed by atoms with Gasteiger partial charge in [0, 0.05) is 18.0 Å². The molecule has 18 heavy (non-hydrogen) atoms. The summed E-state index contributed by atoms with van der Waals surface area (Å²) in [5.41, 5.74) is 0. The number of carbonyl (C=O) groups excluding carboxylic acids is 1. The topological polar surface area (TPSA) is 41.1 Å². The van der Waals surface area contributed by atoms with Gasteiger partial charge in [0.15, 0.2) is 0 Å². The fourth-order valence-electron chi connectivity index (χ4n) is 3.30. The lowest BCUT2D eigenvalue weighted by molar-refractivity contribution is -0.125. The van der Waals surface area contributed by atoms with Crippen molar-refractivity contribution >= 4 is 5.91 Å². The Balaban J connectivity index is 1.65. The Morgan fingerprint density at radius 2 is 1.61 bits per heavy atom. The summed E-state index contributed by atoms with van der Waals surface area (Å²) in [5.74, 6) is 0.651. The van der Waals surface area contributed by atoms with Crippen LogP contribution in [0.1, 0.15) is 64.7 Å². The molecule has 2 aliphatic carbocycles. The van der Waals surface area contributed by atoms with Crippen molar-refractivity contribution < 1.29 is 4.79 Å². The molecule has 0 aromatic heterocycles. The molecule has 0 aliphatic heterocycles. The van der Waals surface area contributed by atoms with Gasteiger partial charge in [-0.15, -0.1) is 0 Å². The second kappa shape index (κ2) is 7.13. The molecular weight excluding hydrogens is 224 g/mol. The molecule has 2 aliphatic rings. The third kappa shape index (κ3) is 3.98. The fraction of sp³-hybridized carbons (Fsp3) is 0.933. The van der Waals surface area contributed by atoms with Gasteiger partial charge in [0.25, 0.3) is 0 Å². The van der Waals surface area contributed by atoms with Gasteiger partial charge in [0.05, 0.1) is 0 Å². The quantitative estimate of drug-likeness (QED) is 0.789. The first-order valence-corrected chi connectivity index (χ1v) is 7.83. The first-order chi connectivity index (χ1) is 8.79. The summed E-state index contributed by atoms with van der Waals surface area (Å²) in [4.78, 5) is 12.0. The average Bonchev–Trinajstić information content (AvgIpc) is 2.92. The van der Waals surface area contributed by atoms with E-state index in [0.29, 0.717) is 23.9 Å². The van der Waals surface area contributed by atoms with Gasteiger partial charge in [0.1, 0.15) is 0 Å². The maximum absolute atomic E-state index is 12.0. The molecule has 0 spiro atoms. The minimum absolute atomic E-state index is 0.320. The molecule has 0 aromatic rings. The largest absolute Gasteiger partial charge is 0.353 e. The molecule has 2 rings (SSSR count). The monoisotopic (exact) mass is 252 g/mol. The van der Waals surface area contributed by atoms with E-state index in [4.69, 9.17) is 0 Å².